The first kappa shape index (κ1) is 22.0. The minimum atomic E-state index is -0.0344. The molecule has 8 nitrogen and oxygen atoms in total. The molecular weight excluding hydrogens is 430 g/mol. The van der Waals surface area contributed by atoms with E-state index in [-0.39, 0.29) is 29.3 Å². The zero-order valence-electron chi connectivity index (χ0n) is 17.8. The number of benzene rings is 2. The summed E-state index contributed by atoms with van der Waals surface area (Å²) in [5, 5.41) is 27.3. The van der Waals surface area contributed by atoms with E-state index in [4.69, 9.17) is 16.3 Å². The first-order valence-corrected chi connectivity index (χ1v) is 11.0. The Morgan fingerprint density at radius 1 is 0.938 bits per heavy atom. The second-order valence-corrected chi connectivity index (χ2v) is 8.22. The van der Waals surface area contributed by atoms with Crippen LogP contribution in [0.5, 0.6) is 17.2 Å². The number of hydrogen-bond acceptors (Lipinski definition) is 8. The van der Waals surface area contributed by atoms with Crippen LogP contribution in [0.1, 0.15) is 38.5 Å². The molecule has 0 atom stereocenters. The standard InChI is InChI=1S/C23H26ClN5O3/c1-32-20-11-8-15(12-18(20)24)26-23-28-21(17-13-16(30)9-10-19(17)31)27-22(29-23)25-14-6-4-2-3-5-7-14/h8-14,30-31H,2-7H2,1H3,(H2,25,26,27,28,29). The van der Waals surface area contributed by atoms with Crippen LogP contribution >= 0.6 is 11.6 Å². The van der Waals surface area contributed by atoms with Gasteiger partial charge in [-0.2, -0.15) is 15.0 Å². The molecule has 0 spiro atoms. The molecule has 1 heterocycles. The van der Waals surface area contributed by atoms with Crippen molar-refractivity contribution in [1.82, 2.24) is 15.0 Å². The number of anilines is 3. The van der Waals surface area contributed by atoms with Gasteiger partial charge in [0.15, 0.2) is 5.82 Å². The maximum absolute atomic E-state index is 10.3. The largest absolute Gasteiger partial charge is 0.508 e. The summed E-state index contributed by atoms with van der Waals surface area (Å²) in [6.45, 7) is 0. The number of rotatable bonds is 6. The molecular formula is C23H26ClN5O3. The zero-order chi connectivity index (χ0) is 22.5. The maximum Gasteiger partial charge on any atom is 0.232 e. The van der Waals surface area contributed by atoms with E-state index in [1.165, 1.54) is 43.9 Å². The highest BCUT2D eigenvalue weighted by Crippen LogP contribution is 2.32. The maximum atomic E-state index is 10.3. The normalized spacial score (nSPS) is 14.6. The van der Waals surface area contributed by atoms with Crippen molar-refractivity contribution in [3.8, 4) is 28.6 Å². The fraction of sp³-hybridized carbons (Fsp3) is 0.348. The molecule has 2 aromatic carbocycles. The average Bonchev–Trinajstić information content (AvgIpc) is 3.04. The summed E-state index contributed by atoms with van der Waals surface area (Å²) in [5.74, 6) is 1.48. The minimum Gasteiger partial charge on any atom is -0.508 e. The van der Waals surface area contributed by atoms with Crippen LogP contribution in [0.3, 0.4) is 0 Å². The highest BCUT2D eigenvalue weighted by atomic mass is 35.5. The molecule has 3 aromatic rings. The molecule has 1 fully saturated rings. The number of halogens is 1. The lowest BCUT2D eigenvalue weighted by molar-refractivity contribution is 0.415. The molecule has 1 saturated carbocycles. The van der Waals surface area contributed by atoms with Crippen molar-refractivity contribution in [1.29, 1.82) is 0 Å². The summed E-state index contributed by atoms with van der Waals surface area (Å²) in [5.41, 5.74) is 0.987. The predicted molar refractivity (Wildman–Crippen MR) is 125 cm³/mol. The van der Waals surface area contributed by atoms with E-state index in [0.717, 1.165) is 12.8 Å². The number of aromatic nitrogens is 3. The lowest BCUT2D eigenvalue weighted by Gasteiger charge is -2.17. The van der Waals surface area contributed by atoms with Crippen molar-refractivity contribution in [3.05, 3.63) is 41.4 Å². The summed E-state index contributed by atoms with van der Waals surface area (Å²) < 4.78 is 5.20. The van der Waals surface area contributed by atoms with Gasteiger partial charge in [0.2, 0.25) is 11.9 Å². The van der Waals surface area contributed by atoms with E-state index in [9.17, 15) is 10.2 Å². The van der Waals surface area contributed by atoms with Crippen LogP contribution in [0.15, 0.2) is 36.4 Å². The zero-order valence-corrected chi connectivity index (χ0v) is 18.6. The molecule has 32 heavy (non-hydrogen) atoms. The van der Waals surface area contributed by atoms with Crippen LogP contribution < -0.4 is 15.4 Å². The van der Waals surface area contributed by atoms with E-state index >= 15 is 0 Å². The Bertz CT molecular complexity index is 1090. The summed E-state index contributed by atoms with van der Waals surface area (Å²) in [4.78, 5) is 13.5. The second kappa shape index (κ2) is 9.91. The quantitative estimate of drug-likeness (QED) is 0.285. The summed E-state index contributed by atoms with van der Waals surface area (Å²) >= 11 is 6.25. The number of phenolic OH excluding ortho intramolecular Hbond substituents is 2. The van der Waals surface area contributed by atoms with Crippen molar-refractivity contribution in [2.45, 2.75) is 44.6 Å². The van der Waals surface area contributed by atoms with Crippen LogP contribution in [-0.2, 0) is 0 Å². The fourth-order valence-electron chi connectivity index (χ4n) is 3.80. The third kappa shape index (κ3) is 5.31. The van der Waals surface area contributed by atoms with Gasteiger partial charge in [-0.25, -0.2) is 0 Å². The number of nitrogens with zero attached hydrogens (tertiary/aromatic N) is 3. The highest BCUT2D eigenvalue weighted by molar-refractivity contribution is 6.32. The highest BCUT2D eigenvalue weighted by Gasteiger charge is 2.17. The topological polar surface area (TPSA) is 112 Å². The minimum absolute atomic E-state index is 0.00735. The lowest BCUT2D eigenvalue weighted by Crippen LogP contribution is -2.20. The van der Waals surface area contributed by atoms with Crippen molar-refractivity contribution in [2.24, 2.45) is 0 Å². The molecule has 4 N–H and O–H groups in total. The molecule has 1 aromatic heterocycles. The number of hydrogen-bond donors (Lipinski definition) is 4. The lowest BCUT2D eigenvalue weighted by atomic mass is 10.1. The van der Waals surface area contributed by atoms with Crippen LogP contribution in [0.2, 0.25) is 5.02 Å². The van der Waals surface area contributed by atoms with Gasteiger partial charge >= 0.3 is 0 Å². The number of phenols is 2. The Balaban J connectivity index is 1.69. The number of aromatic hydroxyl groups is 2. The van der Waals surface area contributed by atoms with Gasteiger partial charge in [0, 0.05) is 11.7 Å². The molecule has 1 aliphatic carbocycles. The third-order valence-electron chi connectivity index (χ3n) is 5.45. The second-order valence-electron chi connectivity index (χ2n) is 7.81. The summed E-state index contributed by atoms with van der Waals surface area (Å²) in [6, 6.07) is 9.78. The molecule has 0 amide bonds. The van der Waals surface area contributed by atoms with Gasteiger partial charge in [-0.1, -0.05) is 37.3 Å². The smallest absolute Gasteiger partial charge is 0.232 e. The van der Waals surface area contributed by atoms with Crippen molar-refractivity contribution >= 4 is 29.2 Å². The molecule has 168 valence electrons. The first-order valence-electron chi connectivity index (χ1n) is 10.7. The third-order valence-corrected chi connectivity index (χ3v) is 5.75. The first-order chi connectivity index (χ1) is 15.5. The van der Waals surface area contributed by atoms with Crippen LogP contribution in [0.4, 0.5) is 17.6 Å². The summed E-state index contributed by atoms with van der Waals surface area (Å²) in [6.07, 6.45) is 6.91. The van der Waals surface area contributed by atoms with Gasteiger partial charge in [0.05, 0.1) is 17.7 Å². The Labute approximate surface area is 191 Å². The molecule has 0 bridgehead atoms. The van der Waals surface area contributed by atoms with E-state index in [0.29, 0.717) is 28.0 Å². The SMILES string of the molecule is COc1ccc(Nc2nc(NC3CCCCCC3)nc(-c3cc(O)ccc3O)n2)cc1Cl. The van der Waals surface area contributed by atoms with E-state index < -0.39 is 0 Å². The monoisotopic (exact) mass is 455 g/mol. The molecule has 0 saturated heterocycles. The molecule has 0 aliphatic heterocycles. The predicted octanol–water partition coefficient (Wildman–Crippen LogP) is 5.49. The molecule has 4 rings (SSSR count). The van der Waals surface area contributed by atoms with Crippen molar-refractivity contribution < 1.29 is 14.9 Å². The van der Waals surface area contributed by atoms with Gasteiger partial charge in [0.25, 0.3) is 0 Å². The van der Waals surface area contributed by atoms with Crippen molar-refractivity contribution in [2.75, 3.05) is 17.7 Å². The van der Waals surface area contributed by atoms with Gasteiger partial charge in [0.1, 0.15) is 17.2 Å². The van der Waals surface area contributed by atoms with Crippen LogP contribution in [-0.4, -0.2) is 38.3 Å². The fourth-order valence-corrected chi connectivity index (χ4v) is 4.06. The van der Waals surface area contributed by atoms with Gasteiger partial charge in [-0.15, -0.1) is 0 Å². The molecule has 1 aliphatic rings. The van der Waals surface area contributed by atoms with E-state index in [2.05, 4.69) is 25.6 Å². The van der Waals surface area contributed by atoms with E-state index in [1.807, 2.05) is 0 Å². The molecule has 0 unspecified atom stereocenters. The van der Waals surface area contributed by atoms with Crippen LogP contribution in [0.25, 0.3) is 11.4 Å². The average molecular weight is 456 g/mol. The van der Waals surface area contributed by atoms with Crippen molar-refractivity contribution in [3.63, 3.8) is 0 Å². The number of ether oxygens (including phenoxy) is 1. The van der Waals surface area contributed by atoms with Crippen LogP contribution in [0, 0.1) is 0 Å². The van der Waals surface area contributed by atoms with Gasteiger partial charge in [-0.3, -0.25) is 0 Å². The Morgan fingerprint density at radius 2 is 1.69 bits per heavy atom. The molecule has 0 radical (unpaired) electrons. The number of nitrogens with one attached hydrogen (secondary N) is 2. The Kier molecular flexibility index (Phi) is 6.80. The van der Waals surface area contributed by atoms with Gasteiger partial charge < -0.3 is 25.6 Å². The Hall–Kier alpha value is -3.26. The van der Waals surface area contributed by atoms with E-state index in [1.54, 1.807) is 25.3 Å². The van der Waals surface area contributed by atoms with Gasteiger partial charge in [-0.05, 0) is 49.2 Å². The number of methoxy groups -OCH3 is 1. The summed E-state index contributed by atoms with van der Waals surface area (Å²) in [7, 11) is 1.56. The Morgan fingerprint density at radius 3 is 2.41 bits per heavy atom. The molecule has 9 heteroatoms.